The van der Waals surface area contributed by atoms with Crippen molar-refractivity contribution in [3.05, 3.63) is 28.8 Å². The molecule has 2 unspecified atom stereocenters. The van der Waals surface area contributed by atoms with Gasteiger partial charge in [-0.15, -0.1) is 0 Å². The predicted octanol–water partition coefficient (Wildman–Crippen LogP) is 5.24. The van der Waals surface area contributed by atoms with Crippen molar-refractivity contribution < 1.29 is 8.78 Å². The fourth-order valence-electron chi connectivity index (χ4n) is 2.85. The lowest BCUT2D eigenvalue weighted by Gasteiger charge is -2.33. The van der Waals surface area contributed by atoms with Crippen LogP contribution in [0.15, 0.2) is 12.1 Å². The van der Waals surface area contributed by atoms with Crippen LogP contribution in [0.5, 0.6) is 0 Å². The van der Waals surface area contributed by atoms with Gasteiger partial charge in [0.2, 0.25) is 0 Å². The minimum atomic E-state index is -0.642. The Morgan fingerprint density at radius 3 is 2.63 bits per heavy atom. The number of hydrogen-bond acceptors (Lipinski definition) is 1. The molecule has 0 saturated heterocycles. The van der Waals surface area contributed by atoms with Crippen LogP contribution in [-0.4, -0.2) is 6.04 Å². The maximum absolute atomic E-state index is 13.7. The van der Waals surface area contributed by atoms with Crippen LogP contribution in [-0.2, 0) is 0 Å². The first kappa shape index (κ1) is 14.6. The van der Waals surface area contributed by atoms with Gasteiger partial charge in [-0.1, -0.05) is 38.3 Å². The summed E-state index contributed by atoms with van der Waals surface area (Å²) in [7, 11) is 0. The van der Waals surface area contributed by atoms with Crippen LogP contribution < -0.4 is 5.32 Å². The minimum absolute atomic E-state index is 0.115. The molecule has 0 spiro atoms. The van der Waals surface area contributed by atoms with E-state index in [1.807, 2.05) is 0 Å². The first-order valence-electron chi connectivity index (χ1n) is 6.88. The summed E-state index contributed by atoms with van der Waals surface area (Å²) in [5.74, 6) is 0.0418. The molecule has 2 atom stereocenters. The molecule has 1 aliphatic rings. The van der Waals surface area contributed by atoms with Crippen molar-refractivity contribution in [2.24, 2.45) is 11.8 Å². The number of rotatable bonds is 3. The molecule has 1 nitrogen and oxygen atoms in total. The molecule has 1 aromatic carbocycles. The highest BCUT2D eigenvalue weighted by Gasteiger charge is 2.25. The number of halogens is 3. The van der Waals surface area contributed by atoms with Gasteiger partial charge in [0.05, 0.1) is 10.7 Å². The van der Waals surface area contributed by atoms with E-state index in [0.717, 1.165) is 31.4 Å². The lowest BCUT2D eigenvalue weighted by Crippen LogP contribution is -2.29. The van der Waals surface area contributed by atoms with Crippen molar-refractivity contribution in [1.82, 2.24) is 0 Å². The number of benzene rings is 1. The Balaban J connectivity index is 2.09. The van der Waals surface area contributed by atoms with Gasteiger partial charge in [0.25, 0.3) is 0 Å². The van der Waals surface area contributed by atoms with Crippen molar-refractivity contribution in [2.45, 2.75) is 45.6 Å². The Morgan fingerprint density at radius 1 is 1.26 bits per heavy atom. The molecule has 2 rings (SSSR count). The first-order chi connectivity index (χ1) is 8.97. The summed E-state index contributed by atoms with van der Waals surface area (Å²) < 4.78 is 26.7. The Bertz CT molecular complexity index is 425. The average Bonchev–Trinajstić information content (AvgIpc) is 2.34. The van der Waals surface area contributed by atoms with Crippen LogP contribution in [0.4, 0.5) is 14.5 Å². The van der Waals surface area contributed by atoms with Crippen molar-refractivity contribution >= 4 is 17.3 Å². The molecule has 4 heteroatoms. The summed E-state index contributed by atoms with van der Waals surface area (Å²) in [6.45, 7) is 4.44. The van der Waals surface area contributed by atoms with Crippen LogP contribution in [0.25, 0.3) is 0 Å². The van der Waals surface area contributed by atoms with E-state index in [0.29, 0.717) is 11.8 Å². The Morgan fingerprint density at radius 2 is 2.00 bits per heavy atom. The number of anilines is 1. The summed E-state index contributed by atoms with van der Waals surface area (Å²) in [5, 5.41) is 3.27. The van der Waals surface area contributed by atoms with Crippen LogP contribution in [0.2, 0.25) is 5.02 Å². The normalized spacial score (nSPS) is 23.7. The molecule has 1 fully saturated rings. The standard InChI is InChI=1S/C15H20ClF2N/c1-9(2)10-4-3-5-12(6-10)19-15-13(16)7-11(17)8-14(15)18/h7-10,12,19H,3-6H2,1-2H3. The molecule has 1 aromatic rings. The summed E-state index contributed by atoms with van der Waals surface area (Å²) >= 11 is 5.91. The monoisotopic (exact) mass is 287 g/mol. The molecule has 19 heavy (non-hydrogen) atoms. The molecular formula is C15H20ClF2N. The predicted molar refractivity (Wildman–Crippen MR) is 75.6 cm³/mol. The molecule has 0 bridgehead atoms. The van der Waals surface area contributed by atoms with E-state index >= 15 is 0 Å². The van der Waals surface area contributed by atoms with Crippen LogP contribution >= 0.6 is 11.6 Å². The third-order valence-corrected chi connectivity index (χ3v) is 4.31. The summed E-state index contributed by atoms with van der Waals surface area (Å²) in [4.78, 5) is 0. The summed E-state index contributed by atoms with van der Waals surface area (Å²) in [6, 6.07) is 2.24. The number of hydrogen-bond donors (Lipinski definition) is 1. The smallest absolute Gasteiger partial charge is 0.150 e. The average molecular weight is 288 g/mol. The van der Waals surface area contributed by atoms with Gasteiger partial charge in [-0.25, -0.2) is 8.78 Å². The van der Waals surface area contributed by atoms with E-state index in [-0.39, 0.29) is 16.8 Å². The first-order valence-corrected chi connectivity index (χ1v) is 7.26. The van der Waals surface area contributed by atoms with E-state index in [1.54, 1.807) is 0 Å². The zero-order valence-corrected chi connectivity index (χ0v) is 12.1. The fraction of sp³-hybridized carbons (Fsp3) is 0.600. The Kier molecular flexibility index (Phi) is 4.67. The molecule has 106 valence electrons. The molecule has 1 N–H and O–H groups in total. The molecule has 0 heterocycles. The van der Waals surface area contributed by atoms with E-state index < -0.39 is 11.6 Å². The van der Waals surface area contributed by atoms with E-state index in [9.17, 15) is 8.78 Å². The maximum atomic E-state index is 13.7. The second kappa shape index (κ2) is 6.08. The van der Waals surface area contributed by atoms with Gasteiger partial charge in [-0.2, -0.15) is 0 Å². The summed E-state index contributed by atoms with van der Waals surface area (Å²) in [5.41, 5.74) is 0.234. The highest BCUT2D eigenvalue weighted by Crippen LogP contribution is 2.34. The third kappa shape index (κ3) is 3.59. The number of nitrogens with one attached hydrogen (secondary N) is 1. The van der Waals surface area contributed by atoms with E-state index in [1.165, 1.54) is 6.42 Å². The fourth-order valence-corrected chi connectivity index (χ4v) is 3.10. The van der Waals surface area contributed by atoms with E-state index in [4.69, 9.17) is 11.6 Å². The lowest BCUT2D eigenvalue weighted by atomic mass is 9.79. The maximum Gasteiger partial charge on any atom is 0.150 e. The Labute approximate surface area is 118 Å². The zero-order chi connectivity index (χ0) is 14.0. The lowest BCUT2D eigenvalue weighted by molar-refractivity contribution is 0.264. The summed E-state index contributed by atoms with van der Waals surface area (Å²) in [6.07, 6.45) is 4.40. The van der Waals surface area contributed by atoms with Gasteiger partial charge < -0.3 is 5.32 Å². The van der Waals surface area contributed by atoms with Crippen LogP contribution in [0.1, 0.15) is 39.5 Å². The molecule has 1 aliphatic carbocycles. The largest absolute Gasteiger partial charge is 0.379 e. The topological polar surface area (TPSA) is 12.0 Å². The van der Waals surface area contributed by atoms with Crippen molar-refractivity contribution in [3.8, 4) is 0 Å². The van der Waals surface area contributed by atoms with Gasteiger partial charge in [0.15, 0.2) is 5.82 Å². The molecule has 1 saturated carbocycles. The Hall–Kier alpha value is -0.830. The quantitative estimate of drug-likeness (QED) is 0.801. The second-order valence-corrected chi connectivity index (χ2v) is 6.16. The SMILES string of the molecule is CC(C)C1CCCC(Nc2c(F)cc(F)cc2Cl)C1. The van der Waals surface area contributed by atoms with Crippen molar-refractivity contribution in [1.29, 1.82) is 0 Å². The highest BCUT2D eigenvalue weighted by atomic mass is 35.5. The van der Waals surface area contributed by atoms with Gasteiger partial charge in [0, 0.05) is 12.1 Å². The molecule has 0 aromatic heterocycles. The van der Waals surface area contributed by atoms with E-state index in [2.05, 4.69) is 19.2 Å². The molecule has 0 radical (unpaired) electrons. The molecular weight excluding hydrogens is 268 g/mol. The zero-order valence-electron chi connectivity index (χ0n) is 11.3. The van der Waals surface area contributed by atoms with Gasteiger partial charge in [-0.05, 0) is 30.7 Å². The minimum Gasteiger partial charge on any atom is -0.379 e. The van der Waals surface area contributed by atoms with Gasteiger partial charge in [-0.3, -0.25) is 0 Å². The molecule has 0 aliphatic heterocycles. The molecule has 0 amide bonds. The second-order valence-electron chi connectivity index (χ2n) is 5.76. The van der Waals surface area contributed by atoms with Crippen LogP contribution in [0.3, 0.4) is 0 Å². The third-order valence-electron chi connectivity index (χ3n) is 4.01. The van der Waals surface area contributed by atoms with Crippen molar-refractivity contribution in [3.63, 3.8) is 0 Å². The van der Waals surface area contributed by atoms with Crippen LogP contribution in [0, 0.1) is 23.5 Å². The highest BCUT2D eigenvalue weighted by molar-refractivity contribution is 6.33. The van der Waals surface area contributed by atoms with Crippen molar-refractivity contribution in [2.75, 3.05) is 5.32 Å². The van der Waals surface area contributed by atoms with Gasteiger partial charge in [0.1, 0.15) is 5.82 Å². The van der Waals surface area contributed by atoms with Gasteiger partial charge >= 0.3 is 0 Å².